The van der Waals surface area contributed by atoms with E-state index in [9.17, 15) is 49.4 Å². The second kappa shape index (κ2) is 15.8. The number of imide groups is 1. The van der Waals surface area contributed by atoms with Gasteiger partial charge < -0.3 is 50.0 Å². The van der Waals surface area contributed by atoms with Gasteiger partial charge >= 0.3 is 7.82 Å². The van der Waals surface area contributed by atoms with Crippen molar-refractivity contribution < 1.29 is 72.6 Å². The van der Waals surface area contributed by atoms with Crippen LogP contribution in [0, 0.1) is 0 Å². The van der Waals surface area contributed by atoms with Crippen LogP contribution >= 0.6 is 7.82 Å². The monoisotopic (exact) mass is 586 g/mol. The van der Waals surface area contributed by atoms with Crippen molar-refractivity contribution in [3.05, 3.63) is 12.2 Å². The molecule has 39 heavy (non-hydrogen) atoms. The summed E-state index contributed by atoms with van der Waals surface area (Å²) in [6, 6.07) is 0. The highest BCUT2D eigenvalue weighted by molar-refractivity contribution is 7.47. The molecular formula is C21H35N2O15P. The van der Waals surface area contributed by atoms with Gasteiger partial charge in [-0.25, -0.2) is 4.57 Å². The van der Waals surface area contributed by atoms with Crippen LogP contribution in [0.1, 0.15) is 13.3 Å². The number of ether oxygens (including phenoxy) is 3. The number of aliphatic hydroxyl groups excluding tert-OH is 5. The van der Waals surface area contributed by atoms with E-state index in [0.29, 0.717) is 0 Å². The number of hydrogen-bond donors (Lipinski definition) is 7. The number of rotatable bonds is 18. The molecule has 1 fully saturated rings. The number of phosphoric acid groups is 1. The molecule has 1 saturated heterocycles. The molecule has 7 N–H and O–H groups in total. The molecular weight excluding hydrogens is 551 g/mol. The fourth-order valence-electron chi connectivity index (χ4n) is 3.45. The predicted octanol–water partition coefficient (Wildman–Crippen LogP) is -3.87. The van der Waals surface area contributed by atoms with Crippen LogP contribution in [0.5, 0.6) is 0 Å². The molecule has 0 aromatic carbocycles. The molecule has 0 aliphatic carbocycles. The van der Waals surface area contributed by atoms with Crippen LogP contribution in [-0.4, -0.2) is 142 Å². The predicted molar refractivity (Wildman–Crippen MR) is 126 cm³/mol. The van der Waals surface area contributed by atoms with Gasteiger partial charge in [-0.3, -0.25) is 28.3 Å². The summed E-state index contributed by atoms with van der Waals surface area (Å²) >= 11 is 0. The molecule has 0 aromatic heterocycles. The molecule has 17 nitrogen and oxygen atoms in total. The zero-order valence-corrected chi connectivity index (χ0v) is 22.0. The second-order valence-electron chi connectivity index (χ2n) is 8.59. The second-order valence-corrected chi connectivity index (χ2v) is 10.00. The molecule has 8 atom stereocenters. The lowest BCUT2D eigenvalue weighted by Gasteiger charge is -2.23. The lowest BCUT2D eigenvalue weighted by molar-refractivity contribution is -0.192. The third-order valence-electron chi connectivity index (χ3n) is 5.56. The van der Waals surface area contributed by atoms with Crippen molar-refractivity contribution in [3.63, 3.8) is 0 Å². The highest BCUT2D eigenvalue weighted by atomic mass is 31.2. The zero-order chi connectivity index (χ0) is 29.2. The van der Waals surface area contributed by atoms with Crippen LogP contribution in [0.3, 0.4) is 0 Å². The number of amides is 3. The van der Waals surface area contributed by atoms with Crippen molar-refractivity contribution in [3.8, 4) is 0 Å². The molecule has 0 radical (unpaired) electrons. The summed E-state index contributed by atoms with van der Waals surface area (Å²) in [5.74, 6) is -1.39. The molecule has 18 heteroatoms. The summed E-state index contributed by atoms with van der Waals surface area (Å²) in [7, 11) is -4.77. The summed E-state index contributed by atoms with van der Waals surface area (Å²) < 4.78 is 37.5. The number of nitrogens with zero attached hydrogens (tertiary/aromatic N) is 1. The number of phosphoric ester groups is 1. The van der Waals surface area contributed by atoms with E-state index in [4.69, 9.17) is 23.3 Å². The van der Waals surface area contributed by atoms with Crippen LogP contribution in [0.15, 0.2) is 12.2 Å². The SMILES string of the molecule is CC(O)C(O)C(O)CO[C@@H]1O[C@H](CO)[C@H](OP(=O)(O)OCCOCCNC(=O)CCN2C(=O)C=CC2=O)C1O. The number of hydrogen-bond acceptors (Lipinski definition) is 14. The maximum Gasteiger partial charge on any atom is 0.472 e. The van der Waals surface area contributed by atoms with Gasteiger partial charge in [0.1, 0.15) is 30.5 Å². The normalized spacial score (nSPS) is 27.0. The molecule has 224 valence electrons. The first-order valence-electron chi connectivity index (χ1n) is 12.0. The minimum atomic E-state index is -4.77. The van der Waals surface area contributed by atoms with E-state index in [0.717, 1.165) is 17.1 Å². The Kier molecular flexibility index (Phi) is 13.5. The van der Waals surface area contributed by atoms with Crippen molar-refractivity contribution >= 4 is 25.5 Å². The summed E-state index contributed by atoms with van der Waals surface area (Å²) in [4.78, 5) is 45.5. The quantitative estimate of drug-likeness (QED) is 0.0461. The van der Waals surface area contributed by atoms with Crippen LogP contribution in [-0.2, 0) is 42.2 Å². The van der Waals surface area contributed by atoms with E-state index >= 15 is 0 Å². The lowest BCUT2D eigenvalue weighted by atomic mass is 10.1. The van der Waals surface area contributed by atoms with Gasteiger partial charge in [0.2, 0.25) is 5.91 Å². The van der Waals surface area contributed by atoms with Crippen LogP contribution in [0.2, 0.25) is 0 Å². The summed E-state index contributed by atoms with van der Waals surface area (Å²) in [6.07, 6.45) is -8.18. The Balaban J connectivity index is 1.64. The molecule has 5 unspecified atom stereocenters. The van der Waals surface area contributed by atoms with Crippen molar-refractivity contribution in [2.24, 2.45) is 0 Å². The highest BCUT2D eigenvalue weighted by Crippen LogP contribution is 2.47. The van der Waals surface area contributed by atoms with Crippen LogP contribution in [0.4, 0.5) is 0 Å². The van der Waals surface area contributed by atoms with Gasteiger partial charge in [-0.05, 0) is 6.92 Å². The van der Waals surface area contributed by atoms with Gasteiger partial charge in [0.25, 0.3) is 11.8 Å². The van der Waals surface area contributed by atoms with Crippen molar-refractivity contribution in [1.82, 2.24) is 10.2 Å². The summed E-state index contributed by atoms with van der Waals surface area (Å²) in [5, 5.41) is 51.0. The topological polar surface area (TPSA) is 251 Å². The Morgan fingerprint density at radius 2 is 1.85 bits per heavy atom. The van der Waals surface area contributed by atoms with Gasteiger partial charge in [-0.15, -0.1) is 0 Å². The highest BCUT2D eigenvalue weighted by Gasteiger charge is 2.48. The fourth-order valence-corrected chi connectivity index (χ4v) is 4.38. The molecule has 0 bridgehead atoms. The number of aliphatic hydroxyl groups is 5. The van der Waals surface area contributed by atoms with Crippen molar-refractivity contribution in [2.75, 3.05) is 46.1 Å². The van der Waals surface area contributed by atoms with Gasteiger partial charge in [0, 0.05) is 31.7 Å². The Labute approximate surface area is 223 Å². The van der Waals surface area contributed by atoms with Gasteiger partial charge in [-0.2, -0.15) is 0 Å². The number of nitrogens with one attached hydrogen (secondary N) is 1. The fraction of sp³-hybridized carbons (Fsp3) is 0.762. The van der Waals surface area contributed by atoms with Crippen molar-refractivity contribution in [2.45, 2.75) is 56.3 Å². The Morgan fingerprint density at radius 1 is 1.18 bits per heavy atom. The minimum Gasteiger partial charge on any atom is -0.394 e. The average Bonchev–Trinajstić information content (AvgIpc) is 3.36. The molecule has 2 aliphatic heterocycles. The van der Waals surface area contributed by atoms with Crippen LogP contribution < -0.4 is 5.32 Å². The van der Waals surface area contributed by atoms with E-state index in [1.165, 1.54) is 6.92 Å². The maximum atomic E-state index is 12.3. The largest absolute Gasteiger partial charge is 0.472 e. The molecule has 0 spiro atoms. The van der Waals surface area contributed by atoms with E-state index in [1.54, 1.807) is 0 Å². The molecule has 2 aliphatic rings. The molecule has 2 rings (SSSR count). The Morgan fingerprint density at radius 3 is 2.46 bits per heavy atom. The first-order chi connectivity index (χ1) is 18.4. The molecule has 2 heterocycles. The van der Waals surface area contributed by atoms with Gasteiger partial charge in [0.05, 0.1) is 39.1 Å². The van der Waals surface area contributed by atoms with Crippen LogP contribution in [0.25, 0.3) is 0 Å². The lowest BCUT2D eigenvalue weighted by Crippen LogP contribution is -2.41. The van der Waals surface area contributed by atoms with E-state index < -0.39 is 88.3 Å². The zero-order valence-electron chi connectivity index (χ0n) is 21.1. The number of carbonyl (C=O) groups is 3. The Hall–Kier alpha value is -1.86. The van der Waals surface area contributed by atoms with E-state index in [1.807, 2.05) is 0 Å². The van der Waals surface area contributed by atoms with Gasteiger partial charge in [-0.1, -0.05) is 0 Å². The van der Waals surface area contributed by atoms with E-state index in [2.05, 4.69) is 5.32 Å². The molecule has 0 aromatic rings. The standard InChI is InChI=1S/C21H35N2O15P/c1-12(25)18(30)13(26)11-35-21-19(31)20(14(10-24)37-21)38-39(32,33)36-9-8-34-7-5-22-15(27)4-6-23-16(28)2-3-17(23)29/h2-3,12-14,18-21,24-26,30-31H,4-11H2,1H3,(H,22,27)(H,32,33)/t12?,13?,14-,18?,19?,20+,21-/m1/s1. The molecule has 3 amide bonds. The number of carbonyl (C=O) groups excluding carboxylic acids is 3. The first-order valence-corrected chi connectivity index (χ1v) is 13.5. The van der Waals surface area contributed by atoms with Gasteiger partial charge in [0.15, 0.2) is 6.29 Å². The molecule has 0 saturated carbocycles. The average molecular weight is 586 g/mol. The third kappa shape index (κ3) is 10.6. The smallest absolute Gasteiger partial charge is 0.394 e. The minimum absolute atomic E-state index is 0.0191. The Bertz CT molecular complexity index is 885. The van der Waals surface area contributed by atoms with Crippen molar-refractivity contribution in [1.29, 1.82) is 0 Å². The first kappa shape index (κ1) is 33.3. The summed E-state index contributed by atoms with van der Waals surface area (Å²) in [6.45, 7) is -0.593. The third-order valence-corrected chi connectivity index (χ3v) is 6.58. The summed E-state index contributed by atoms with van der Waals surface area (Å²) in [5.41, 5.74) is 0. The maximum absolute atomic E-state index is 12.3. The van der Waals surface area contributed by atoms with E-state index in [-0.39, 0.29) is 32.7 Å².